The number of carbonyl (C=O) groups excluding carboxylic acids is 1. The number of ether oxygens (including phenoxy) is 2. The van der Waals surface area contributed by atoms with Gasteiger partial charge in [0.15, 0.2) is 10.9 Å². The number of methoxy groups -OCH3 is 2. The molecule has 0 aliphatic rings. The van der Waals surface area contributed by atoms with E-state index in [4.69, 9.17) is 9.47 Å². The first kappa shape index (κ1) is 19.0. The third kappa shape index (κ3) is 4.49. The van der Waals surface area contributed by atoms with Gasteiger partial charge in [0.2, 0.25) is 0 Å². The lowest BCUT2D eigenvalue weighted by molar-refractivity contribution is 0.101. The van der Waals surface area contributed by atoms with Crippen molar-refractivity contribution >= 4 is 17.5 Å². The third-order valence-corrected chi connectivity index (χ3v) is 5.19. The van der Waals surface area contributed by atoms with Crippen molar-refractivity contribution in [3.05, 3.63) is 65.5 Å². The van der Waals surface area contributed by atoms with Gasteiger partial charge in [-0.3, -0.25) is 4.79 Å². The van der Waals surface area contributed by atoms with Crippen LogP contribution in [0.5, 0.6) is 11.5 Å². The van der Waals surface area contributed by atoms with E-state index >= 15 is 0 Å². The molecule has 2 aromatic carbocycles. The van der Waals surface area contributed by atoms with Gasteiger partial charge in [-0.15, -0.1) is 10.2 Å². The zero-order valence-corrected chi connectivity index (χ0v) is 16.3. The van der Waals surface area contributed by atoms with E-state index in [-0.39, 0.29) is 11.5 Å². The molecule has 0 spiro atoms. The normalized spacial score (nSPS) is 10.6. The van der Waals surface area contributed by atoms with Crippen LogP contribution in [0.2, 0.25) is 0 Å². The van der Waals surface area contributed by atoms with Crippen molar-refractivity contribution in [3.8, 4) is 11.5 Å². The SMILES string of the molecule is COc1ccc(C(=O)CSc2nnc(Cc3ccccc3)n2C)c(OC)c1. The van der Waals surface area contributed by atoms with E-state index in [2.05, 4.69) is 22.3 Å². The summed E-state index contributed by atoms with van der Waals surface area (Å²) in [5, 5.41) is 9.19. The molecule has 0 saturated carbocycles. The number of hydrogen-bond donors (Lipinski definition) is 0. The van der Waals surface area contributed by atoms with E-state index in [0.29, 0.717) is 28.6 Å². The van der Waals surface area contributed by atoms with Crippen LogP contribution in [0.15, 0.2) is 53.7 Å². The standard InChI is InChI=1S/C20H21N3O3S/c1-23-19(11-14-7-5-4-6-8-14)21-22-20(23)27-13-17(24)16-10-9-15(25-2)12-18(16)26-3/h4-10,12H,11,13H2,1-3H3. The van der Waals surface area contributed by atoms with Crippen LogP contribution in [-0.2, 0) is 13.5 Å². The molecule has 0 atom stereocenters. The largest absolute Gasteiger partial charge is 0.497 e. The summed E-state index contributed by atoms with van der Waals surface area (Å²) in [5.41, 5.74) is 1.70. The second-order valence-corrected chi connectivity index (χ2v) is 6.84. The van der Waals surface area contributed by atoms with Crippen molar-refractivity contribution in [1.29, 1.82) is 0 Å². The van der Waals surface area contributed by atoms with Gasteiger partial charge in [-0.1, -0.05) is 42.1 Å². The molecule has 7 heteroatoms. The van der Waals surface area contributed by atoms with Gasteiger partial charge in [-0.2, -0.15) is 0 Å². The predicted octanol–water partition coefficient (Wildman–Crippen LogP) is 3.40. The zero-order valence-electron chi connectivity index (χ0n) is 15.5. The van der Waals surface area contributed by atoms with Crippen LogP contribution in [0, 0.1) is 0 Å². The van der Waals surface area contributed by atoms with Crippen molar-refractivity contribution in [2.75, 3.05) is 20.0 Å². The summed E-state index contributed by atoms with van der Waals surface area (Å²) in [6, 6.07) is 15.3. The molecule has 1 heterocycles. The van der Waals surface area contributed by atoms with Gasteiger partial charge >= 0.3 is 0 Å². The fourth-order valence-corrected chi connectivity index (χ4v) is 3.45. The number of nitrogens with zero attached hydrogens (tertiary/aromatic N) is 3. The molecule has 0 unspecified atom stereocenters. The van der Waals surface area contributed by atoms with Gasteiger partial charge < -0.3 is 14.0 Å². The molecular weight excluding hydrogens is 362 g/mol. The Hall–Kier alpha value is -2.80. The number of thioether (sulfide) groups is 1. The first-order valence-corrected chi connectivity index (χ1v) is 9.41. The van der Waals surface area contributed by atoms with E-state index in [0.717, 1.165) is 5.82 Å². The van der Waals surface area contributed by atoms with E-state index in [1.165, 1.54) is 24.4 Å². The molecular formula is C20H21N3O3S. The first-order valence-electron chi connectivity index (χ1n) is 8.42. The van der Waals surface area contributed by atoms with Crippen molar-refractivity contribution < 1.29 is 14.3 Å². The Kier molecular flexibility index (Phi) is 6.13. The number of hydrogen-bond acceptors (Lipinski definition) is 6. The number of rotatable bonds is 8. The minimum Gasteiger partial charge on any atom is -0.497 e. The highest BCUT2D eigenvalue weighted by atomic mass is 32.2. The minimum absolute atomic E-state index is 0.0351. The highest BCUT2D eigenvalue weighted by Crippen LogP contribution is 2.27. The quantitative estimate of drug-likeness (QED) is 0.439. The van der Waals surface area contributed by atoms with Crippen LogP contribution in [0.4, 0.5) is 0 Å². The fourth-order valence-electron chi connectivity index (χ4n) is 2.64. The molecule has 0 aliphatic heterocycles. The van der Waals surface area contributed by atoms with Crippen LogP contribution in [0.25, 0.3) is 0 Å². The van der Waals surface area contributed by atoms with Crippen molar-refractivity contribution in [2.24, 2.45) is 7.05 Å². The molecule has 3 aromatic rings. The summed E-state index contributed by atoms with van der Waals surface area (Å²) in [6.07, 6.45) is 0.700. The summed E-state index contributed by atoms with van der Waals surface area (Å²) >= 11 is 1.36. The monoisotopic (exact) mass is 383 g/mol. The van der Waals surface area contributed by atoms with E-state index < -0.39 is 0 Å². The molecule has 6 nitrogen and oxygen atoms in total. The Morgan fingerprint density at radius 2 is 1.85 bits per heavy atom. The summed E-state index contributed by atoms with van der Waals surface area (Å²) in [7, 11) is 5.03. The molecule has 0 aliphatic carbocycles. The molecule has 27 heavy (non-hydrogen) atoms. The molecule has 0 amide bonds. The van der Waals surface area contributed by atoms with Crippen LogP contribution in [0.3, 0.4) is 0 Å². The van der Waals surface area contributed by atoms with Gasteiger partial charge in [0, 0.05) is 19.5 Å². The summed E-state index contributed by atoms with van der Waals surface area (Å²) in [4.78, 5) is 12.6. The lowest BCUT2D eigenvalue weighted by Crippen LogP contribution is -2.07. The Morgan fingerprint density at radius 3 is 2.56 bits per heavy atom. The highest BCUT2D eigenvalue weighted by Gasteiger charge is 2.16. The van der Waals surface area contributed by atoms with Gasteiger partial charge in [0.05, 0.1) is 25.5 Å². The van der Waals surface area contributed by atoms with Crippen LogP contribution >= 0.6 is 11.8 Å². The summed E-state index contributed by atoms with van der Waals surface area (Å²) < 4.78 is 12.4. The zero-order chi connectivity index (χ0) is 19.2. The van der Waals surface area contributed by atoms with Crippen LogP contribution < -0.4 is 9.47 Å². The number of benzene rings is 2. The number of aromatic nitrogens is 3. The lowest BCUT2D eigenvalue weighted by atomic mass is 10.1. The number of ketones is 1. The average Bonchev–Trinajstić information content (AvgIpc) is 3.05. The maximum atomic E-state index is 12.6. The van der Waals surface area contributed by atoms with E-state index in [1.54, 1.807) is 25.3 Å². The maximum Gasteiger partial charge on any atom is 0.191 e. The Labute approximate surface area is 162 Å². The molecule has 0 radical (unpaired) electrons. The van der Waals surface area contributed by atoms with E-state index in [1.807, 2.05) is 29.8 Å². The van der Waals surface area contributed by atoms with Crippen molar-refractivity contribution in [3.63, 3.8) is 0 Å². The van der Waals surface area contributed by atoms with Gasteiger partial charge in [-0.05, 0) is 17.7 Å². The molecule has 3 rings (SSSR count). The molecule has 1 aromatic heterocycles. The van der Waals surface area contributed by atoms with Gasteiger partial charge in [0.1, 0.15) is 17.3 Å². The molecule has 0 bridgehead atoms. The second kappa shape index (κ2) is 8.73. The summed E-state index contributed by atoms with van der Waals surface area (Å²) in [5.74, 6) is 2.22. The number of Topliss-reactive ketones (excluding diaryl/α,β-unsaturated/α-hetero) is 1. The molecule has 0 saturated heterocycles. The fraction of sp³-hybridized carbons (Fsp3) is 0.250. The smallest absolute Gasteiger partial charge is 0.191 e. The highest BCUT2D eigenvalue weighted by molar-refractivity contribution is 7.99. The van der Waals surface area contributed by atoms with Crippen LogP contribution in [-0.4, -0.2) is 40.5 Å². The Morgan fingerprint density at radius 1 is 1.07 bits per heavy atom. The van der Waals surface area contributed by atoms with Crippen molar-refractivity contribution in [1.82, 2.24) is 14.8 Å². The molecule has 0 fully saturated rings. The Balaban J connectivity index is 1.68. The molecule has 0 N–H and O–H groups in total. The average molecular weight is 383 g/mol. The topological polar surface area (TPSA) is 66.2 Å². The predicted molar refractivity (Wildman–Crippen MR) is 105 cm³/mol. The minimum atomic E-state index is -0.0351. The maximum absolute atomic E-state index is 12.6. The van der Waals surface area contributed by atoms with Crippen LogP contribution in [0.1, 0.15) is 21.7 Å². The van der Waals surface area contributed by atoms with Gasteiger partial charge in [-0.25, -0.2) is 0 Å². The third-order valence-electron chi connectivity index (χ3n) is 4.17. The second-order valence-electron chi connectivity index (χ2n) is 5.90. The number of carbonyl (C=O) groups is 1. The first-order chi connectivity index (χ1) is 13.1. The Bertz CT molecular complexity index is 925. The van der Waals surface area contributed by atoms with E-state index in [9.17, 15) is 4.79 Å². The summed E-state index contributed by atoms with van der Waals surface area (Å²) in [6.45, 7) is 0. The van der Waals surface area contributed by atoms with Crippen molar-refractivity contribution in [2.45, 2.75) is 11.6 Å². The lowest BCUT2D eigenvalue weighted by Gasteiger charge is -2.09. The molecule has 140 valence electrons. The van der Waals surface area contributed by atoms with Gasteiger partial charge in [0.25, 0.3) is 0 Å².